The maximum Gasteiger partial charge on any atom is 0.173 e. The number of hydrogen-bond acceptors (Lipinski definition) is 4. The highest BCUT2D eigenvalue weighted by molar-refractivity contribution is 9.13. The summed E-state index contributed by atoms with van der Waals surface area (Å²) in [6.45, 7) is 0. The molecular formula is C13H10Br2O4. The number of halogens is 2. The van der Waals surface area contributed by atoms with Crippen LogP contribution in [-0.2, 0) is 6.42 Å². The summed E-state index contributed by atoms with van der Waals surface area (Å²) in [6.07, 6.45) is 0.285. The molecule has 0 aliphatic heterocycles. The van der Waals surface area contributed by atoms with Gasteiger partial charge in [-0.05, 0) is 49.6 Å². The van der Waals surface area contributed by atoms with E-state index in [1.54, 1.807) is 12.1 Å². The second kappa shape index (κ2) is 5.30. The molecule has 100 valence electrons. The highest BCUT2D eigenvalue weighted by atomic mass is 79.9. The zero-order chi connectivity index (χ0) is 14.2. The van der Waals surface area contributed by atoms with Crippen molar-refractivity contribution in [3.8, 4) is 23.0 Å². The SMILES string of the molecule is Oc1cccc(Cc2cc(O)c(O)c(Br)c2Br)c1O. The van der Waals surface area contributed by atoms with E-state index in [9.17, 15) is 20.4 Å². The van der Waals surface area contributed by atoms with E-state index >= 15 is 0 Å². The van der Waals surface area contributed by atoms with Crippen molar-refractivity contribution in [2.45, 2.75) is 6.42 Å². The van der Waals surface area contributed by atoms with Gasteiger partial charge in [0.2, 0.25) is 0 Å². The molecule has 0 saturated heterocycles. The number of benzene rings is 2. The first-order valence-electron chi connectivity index (χ1n) is 5.30. The Morgan fingerprint density at radius 3 is 2.16 bits per heavy atom. The van der Waals surface area contributed by atoms with Crippen LogP contribution in [0.15, 0.2) is 33.2 Å². The van der Waals surface area contributed by atoms with Gasteiger partial charge in [-0.3, -0.25) is 0 Å². The maximum atomic E-state index is 9.75. The number of para-hydroxylation sites is 1. The van der Waals surface area contributed by atoms with Crippen LogP contribution in [0.1, 0.15) is 11.1 Å². The predicted octanol–water partition coefficient (Wildman–Crippen LogP) is 3.62. The molecule has 4 nitrogen and oxygen atoms in total. The summed E-state index contributed by atoms with van der Waals surface area (Å²) < 4.78 is 0.910. The Morgan fingerprint density at radius 1 is 0.789 bits per heavy atom. The molecule has 0 radical (unpaired) electrons. The van der Waals surface area contributed by atoms with Gasteiger partial charge in [-0.2, -0.15) is 0 Å². The van der Waals surface area contributed by atoms with Gasteiger partial charge in [-0.15, -0.1) is 0 Å². The van der Waals surface area contributed by atoms with Gasteiger partial charge in [0.15, 0.2) is 23.0 Å². The fraction of sp³-hybridized carbons (Fsp3) is 0.0769. The van der Waals surface area contributed by atoms with E-state index in [1.807, 2.05) is 0 Å². The first-order chi connectivity index (χ1) is 8.91. The standard InChI is InChI=1S/C13H10Br2O4/c14-10-7(5-9(17)13(19)11(10)15)4-6-2-1-3-8(16)12(6)18/h1-3,5,16-19H,4H2. The monoisotopic (exact) mass is 388 g/mol. The summed E-state index contributed by atoms with van der Waals surface area (Å²) in [5.74, 6) is -0.908. The van der Waals surface area contributed by atoms with Gasteiger partial charge in [0, 0.05) is 16.5 Å². The van der Waals surface area contributed by atoms with Gasteiger partial charge in [0.05, 0.1) is 4.47 Å². The van der Waals surface area contributed by atoms with Gasteiger partial charge < -0.3 is 20.4 Å². The maximum absolute atomic E-state index is 9.75. The highest BCUT2D eigenvalue weighted by Crippen LogP contribution is 2.42. The van der Waals surface area contributed by atoms with E-state index in [2.05, 4.69) is 31.9 Å². The van der Waals surface area contributed by atoms with Crippen LogP contribution in [0.4, 0.5) is 0 Å². The molecule has 2 aromatic rings. The summed E-state index contributed by atoms with van der Waals surface area (Å²) in [5.41, 5.74) is 1.17. The van der Waals surface area contributed by atoms with E-state index in [-0.39, 0.29) is 29.4 Å². The molecule has 6 heteroatoms. The number of phenolic OH excluding ortho intramolecular Hbond substituents is 4. The molecule has 0 heterocycles. The summed E-state index contributed by atoms with van der Waals surface area (Å²) in [7, 11) is 0. The van der Waals surface area contributed by atoms with Crippen molar-refractivity contribution in [1.82, 2.24) is 0 Å². The molecule has 0 aliphatic carbocycles. The lowest BCUT2D eigenvalue weighted by Crippen LogP contribution is -1.92. The third kappa shape index (κ3) is 2.64. The van der Waals surface area contributed by atoms with Crippen LogP contribution in [0.2, 0.25) is 0 Å². The Hall–Kier alpha value is -1.40. The number of phenols is 4. The summed E-state index contributed by atoms with van der Waals surface area (Å²) in [5, 5.41) is 38.3. The Kier molecular flexibility index (Phi) is 3.91. The smallest absolute Gasteiger partial charge is 0.173 e. The van der Waals surface area contributed by atoms with Crippen molar-refractivity contribution in [1.29, 1.82) is 0 Å². The molecule has 19 heavy (non-hydrogen) atoms. The first kappa shape index (κ1) is 14.0. The quantitative estimate of drug-likeness (QED) is 0.591. The molecule has 0 unspecified atom stereocenters. The van der Waals surface area contributed by atoms with Gasteiger partial charge in [0.25, 0.3) is 0 Å². The third-order valence-electron chi connectivity index (χ3n) is 2.72. The van der Waals surface area contributed by atoms with Crippen molar-refractivity contribution in [2.24, 2.45) is 0 Å². The lowest BCUT2D eigenvalue weighted by Gasteiger charge is -2.11. The lowest BCUT2D eigenvalue weighted by molar-refractivity contribution is 0.398. The van der Waals surface area contributed by atoms with Crippen molar-refractivity contribution in [2.75, 3.05) is 0 Å². The third-order valence-corrected chi connectivity index (χ3v) is 4.93. The second-order valence-corrected chi connectivity index (χ2v) is 5.58. The molecule has 2 rings (SSSR count). The van der Waals surface area contributed by atoms with E-state index in [1.165, 1.54) is 12.1 Å². The van der Waals surface area contributed by atoms with Crippen LogP contribution >= 0.6 is 31.9 Å². The van der Waals surface area contributed by atoms with E-state index in [0.29, 0.717) is 20.1 Å². The van der Waals surface area contributed by atoms with Crippen molar-refractivity contribution in [3.63, 3.8) is 0 Å². The van der Waals surface area contributed by atoms with Crippen LogP contribution in [0.25, 0.3) is 0 Å². The minimum atomic E-state index is -0.260. The largest absolute Gasteiger partial charge is 0.504 e. The molecule has 0 saturated carbocycles. The molecule has 2 aromatic carbocycles. The average Bonchev–Trinajstić information content (AvgIpc) is 2.38. The lowest BCUT2D eigenvalue weighted by atomic mass is 10.0. The highest BCUT2D eigenvalue weighted by Gasteiger charge is 2.15. The Bertz CT molecular complexity index is 641. The normalized spacial score (nSPS) is 10.6. The number of hydrogen-bond donors (Lipinski definition) is 4. The molecule has 0 amide bonds. The van der Waals surface area contributed by atoms with Crippen LogP contribution < -0.4 is 0 Å². The Morgan fingerprint density at radius 2 is 1.47 bits per heavy atom. The number of aromatic hydroxyl groups is 4. The van der Waals surface area contributed by atoms with Gasteiger partial charge in [-0.1, -0.05) is 12.1 Å². The molecule has 0 aliphatic rings. The fourth-order valence-corrected chi connectivity index (χ4v) is 2.61. The Labute approximate surface area is 126 Å². The van der Waals surface area contributed by atoms with Crippen LogP contribution in [0.5, 0.6) is 23.0 Å². The van der Waals surface area contributed by atoms with E-state index < -0.39 is 0 Å². The topological polar surface area (TPSA) is 80.9 Å². The molecule has 0 atom stereocenters. The van der Waals surface area contributed by atoms with Crippen LogP contribution in [0, 0.1) is 0 Å². The van der Waals surface area contributed by atoms with Crippen molar-refractivity contribution < 1.29 is 20.4 Å². The molecule has 0 aromatic heterocycles. The molecule has 0 spiro atoms. The molecule has 0 fully saturated rings. The van der Waals surface area contributed by atoms with Crippen molar-refractivity contribution in [3.05, 3.63) is 44.3 Å². The van der Waals surface area contributed by atoms with Crippen LogP contribution in [-0.4, -0.2) is 20.4 Å². The van der Waals surface area contributed by atoms with Gasteiger partial charge >= 0.3 is 0 Å². The summed E-state index contributed by atoms with van der Waals surface area (Å²) in [6, 6.07) is 6.07. The summed E-state index contributed by atoms with van der Waals surface area (Å²) >= 11 is 6.46. The van der Waals surface area contributed by atoms with E-state index in [0.717, 1.165) is 0 Å². The fourth-order valence-electron chi connectivity index (χ4n) is 1.71. The van der Waals surface area contributed by atoms with Crippen LogP contribution in [0.3, 0.4) is 0 Å². The molecule has 4 N–H and O–H groups in total. The minimum absolute atomic E-state index is 0.196. The number of rotatable bonds is 2. The van der Waals surface area contributed by atoms with Crippen molar-refractivity contribution >= 4 is 31.9 Å². The summed E-state index contributed by atoms with van der Waals surface area (Å²) in [4.78, 5) is 0. The predicted molar refractivity (Wildman–Crippen MR) is 77.7 cm³/mol. The Balaban J connectivity index is 2.47. The molecular weight excluding hydrogens is 380 g/mol. The zero-order valence-electron chi connectivity index (χ0n) is 9.56. The first-order valence-corrected chi connectivity index (χ1v) is 6.89. The zero-order valence-corrected chi connectivity index (χ0v) is 12.7. The minimum Gasteiger partial charge on any atom is -0.504 e. The average molecular weight is 390 g/mol. The van der Waals surface area contributed by atoms with E-state index in [4.69, 9.17) is 0 Å². The van der Waals surface area contributed by atoms with Gasteiger partial charge in [-0.25, -0.2) is 0 Å². The molecule has 0 bridgehead atoms. The van der Waals surface area contributed by atoms with Gasteiger partial charge in [0.1, 0.15) is 0 Å². The second-order valence-electron chi connectivity index (χ2n) is 3.99.